The fourth-order valence-corrected chi connectivity index (χ4v) is 2.58. The normalized spacial score (nSPS) is 22.3. The van der Waals surface area contributed by atoms with Crippen molar-refractivity contribution in [1.29, 1.82) is 0 Å². The minimum absolute atomic E-state index is 0.159. The average Bonchev–Trinajstić information content (AvgIpc) is 2.46. The molecule has 6 nitrogen and oxygen atoms in total. The second-order valence-electron chi connectivity index (χ2n) is 5.07. The molecule has 1 aromatic rings. The molecule has 0 saturated heterocycles. The maximum atomic E-state index is 12.4. The van der Waals surface area contributed by atoms with E-state index in [-0.39, 0.29) is 23.2 Å². The van der Waals surface area contributed by atoms with E-state index in [9.17, 15) is 14.7 Å². The van der Waals surface area contributed by atoms with Gasteiger partial charge in [-0.25, -0.2) is 9.78 Å². The maximum absolute atomic E-state index is 12.4. The van der Waals surface area contributed by atoms with Gasteiger partial charge in [-0.1, -0.05) is 12.8 Å². The van der Waals surface area contributed by atoms with Crippen LogP contribution in [0.2, 0.25) is 0 Å². The first kappa shape index (κ1) is 14.5. The number of aromatic nitrogens is 1. The molecule has 1 aliphatic carbocycles. The number of aliphatic hydroxyl groups is 1. The number of hydrogen-bond donors (Lipinski definition) is 2. The van der Waals surface area contributed by atoms with Crippen molar-refractivity contribution in [1.82, 2.24) is 9.88 Å². The molecule has 0 aliphatic heterocycles. The third-order valence-electron chi connectivity index (χ3n) is 3.74. The van der Waals surface area contributed by atoms with Crippen LogP contribution in [-0.4, -0.2) is 51.2 Å². The maximum Gasteiger partial charge on any atom is 0.354 e. The first-order chi connectivity index (χ1) is 9.50. The smallest absolute Gasteiger partial charge is 0.354 e. The third kappa shape index (κ3) is 2.96. The molecule has 1 saturated carbocycles. The molecular weight excluding hydrogens is 260 g/mol. The number of nitrogens with zero attached hydrogens (tertiary/aromatic N) is 2. The van der Waals surface area contributed by atoms with Gasteiger partial charge in [-0.15, -0.1) is 0 Å². The number of carboxylic acid groups (broad SMARTS) is 1. The monoisotopic (exact) mass is 278 g/mol. The summed E-state index contributed by atoms with van der Waals surface area (Å²) in [4.78, 5) is 28.4. The Morgan fingerprint density at radius 2 is 2.05 bits per heavy atom. The van der Waals surface area contributed by atoms with Gasteiger partial charge in [-0.3, -0.25) is 4.79 Å². The van der Waals surface area contributed by atoms with E-state index >= 15 is 0 Å². The summed E-state index contributed by atoms with van der Waals surface area (Å²) in [6, 6.07) is 2.54. The van der Waals surface area contributed by atoms with Crippen molar-refractivity contribution in [2.45, 2.75) is 37.8 Å². The third-order valence-corrected chi connectivity index (χ3v) is 3.74. The first-order valence-electron chi connectivity index (χ1n) is 6.65. The molecule has 1 aromatic heterocycles. The predicted molar refractivity (Wildman–Crippen MR) is 71.6 cm³/mol. The van der Waals surface area contributed by atoms with Gasteiger partial charge in [0.25, 0.3) is 5.91 Å². The largest absolute Gasteiger partial charge is 0.477 e. The highest BCUT2D eigenvalue weighted by atomic mass is 16.4. The van der Waals surface area contributed by atoms with Crippen LogP contribution < -0.4 is 0 Å². The van der Waals surface area contributed by atoms with Gasteiger partial charge in [0, 0.05) is 18.8 Å². The predicted octanol–water partition coefficient (Wildman–Crippen LogP) is 1.16. The molecule has 0 aromatic carbocycles. The number of carboxylic acids is 1. The van der Waals surface area contributed by atoms with E-state index in [1.807, 2.05) is 0 Å². The molecule has 0 radical (unpaired) electrons. The zero-order chi connectivity index (χ0) is 14.7. The second kappa shape index (κ2) is 6.00. The molecular formula is C14H18N2O4. The lowest BCUT2D eigenvalue weighted by molar-refractivity contribution is 0.0268. The second-order valence-corrected chi connectivity index (χ2v) is 5.07. The summed E-state index contributed by atoms with van der Waals surface area (Å²) >= 11 is 0. The zero-order valence-corrected chi connectivity index (χ0v) is 11.3. The van der Waals surface area contributed by atoms with Gasteiger partial charge < -0.3 is 15.1 Å². The van der Waals surface area contributed by atoms with E-state index in [0.29, 0.717) is 6.42 Å². The van der Waals surface area contributed by atoms with Crippen molar-refractivity contribution < 1.29 is 19.8 Å². The Morgan fingerprint density at radius 3 is 2.70 bits per heavy atom. The van der Waals surface area contributed by atoms with Crippen LogP contribution in [0.5, 0.6) is 0 Å². The van der Waals surface area contributed by atoms with Crippen LogP contribution in [0.1, 0.15) is 46.5 Å². The lowest BCUT2D eigenvalue weighted by Gasteiger charge is -2.35. The van der Waals surface area contributed by atoms with Gasteiger partial charge in [0.1, 0.15) is 5.69 Å². The molecule has 2 rings (SSSR count). The highest BCUT2D eigenvalue weighted by Crippen LogP contribution is 2.23. The van der Waals surface area contributed by atoms with Crippen molar-refractivity contribution in [3.8, 4) is 0 Å². The molecule has 1 aliphatic rings. The number of aromatic carboxylic acids is 1. The fraction of sp³-hybridized carbons (Fsp3) is 0.500. The number of amides is 1. The summed E-state index contributed by atoms with van der Waals surface area (Å²) in [7, 11) is 1.64. The number of carbonyl (C=O) groups is 2. The van der Waals surface area contributed by atoms with E-state index in [2.05, 4.69) is 4.98 Å². The van der Waals surface area contributed by atoms with Crippen molar-refractivity contribution in [3.63, 3.8) is 0 Å². The Labute approximate surface area is 117 Å². The number of rotatable bonds is 3. The van der Waals surface area contributed by atoms with Crippen LogP contribution in [0.15, 0.2) is 18.3 Å². The van der Waals surface area contributed by atoms with Crippen LogP contribution in [-0.2, 0) is 0 Å². The van der Waals surface area contributed by atoms with Crippen molar-refractivity contribution in [3.05, 3.63) is 29.6 Å². The highest BCUT2D eigenvalue weighted by molar-refractivity contribution is 5.96. The molecule has 2 unspecified atom stereocenters. The van der Waals surface area contributed by atoms with Gasteiger partial charge in [0.15, 0.2) is 0 Å². The summed E-state index contributed by atoms with van der Waals surface area (Å²) in [6.45, 7) is 0. The quantitative estimate of drug-likeness (QED) is 0.865. The molecule has 20 heavy (non-hydrogen) atoms. The van der Waals surface area contributed by atoms with Gasteiger partial charge in [0.05, 0.1) is 12.1 Å². The van der Waals surface area contributed by atoms with E-state index in [1.54, 1.807) is 7.05 Å². The topological polar surface area (TPSA) is 90.7 Å². The minimum Gasteiger partial charge on any atom is -0.477 e. The molecule has 1 amide bonds. The summed E-state index contributed by atoms with van der Waals surface area (Å²) in [5.74, 6) is -1.46. The van der Waals surface area contributed by atoms with Crippen LogP contribution in [0.25, 0.3) is 0 Å². The zero-order valence-electron chi connectivity index (χ0n) is 11.3. The molecule has 2 atom stereocenters. The molecule has 2 N–H and O–H groups in total. The van der Waals surface area contributed by atoms with Crippen molar-refractivity contribution in [2.75, 3.05) is 7.05 Å². The average molecular weight is 278 g/mol. The fourth-order valence-electron chi connectivity index (χ4n) is 2.58. The van der Waals surface area contributed by atoms with Gasteiger partial charge >= 0.3 is 5.97 Å². The van der Waals surface area contributed by atoms with Crippen molar-refractivity contribution >= 4 is 11.9 Å². The minimum atomic E-state index is -1.17. The Bertz CT molecular complexity index is 518. The highest BCUT2D eigenvalue weighted by Gasteiger charge is 2.30. The Balaban J connectivity index is 2.17. The molecule has 1 heterocycles. The Kier molecular flexibility index (Phi) is 4.34. The van der Waals surface area contributed by atoms with E-state index in [1.165, 1.54) is 23.2 Å². The lowest BCUT2D eigenvalue weighted by atomic mass is 9.91. The number of likely N-dealkylation sites (N-methyl/N-ethyl adjacent to an activating group) is 1. The standard InChI is InChI=1S/C14H18N2O4/c1-16(11-4-2-3-5-12(11)17)13(18)9-6-7-15-10(8-9)14(19)20/h6-8,11-12,17H,2-5H2,1H3,(H,19,20). The molecule has 1 fully saturated rings. The van der Waals surface area contributed by atoms with Gasteiger partial charge in [-0.2, -0.15) is 0 Å². The van der Waals surface area contributed by atoms with Crippen LogP contribution in [0.4, 0.5) is 0 Å². The molecule has 0 bridgehead atoms. The van der Waals surface area contributed by atoms with E-state index < -0.39 is 12.1 Å². The van der Waals surface area contributed by atoms with Gasteiger partial charge in [0.2, 0.25) is 0 Å². The lowest BCUT2D eigenvalue weighted by Crippen LogP contribution is -2.46. The van der Waals surface area contributed by atoms with E-state index in [0.717, 1.165) is 19.3 Å². The molecule has 108 valence electrons. The molecule has 0 spiro atoms. The number of aliphatic hydroxyl groups excluding tert-OH is 1. The van der Waals surface area contributed by atoms with Gasteiger partial charge in [-0.05, 0) is 25.0 Å². The number of carbonyl (C=O) groups excluding carboxylic acids is 1. The Hall–Kier alpha value is -1.95. The Morgan fingerprint density at radius 1 is 1.35 bits per heavy atom. The summed E-state index contributed by atoms with van der Waals surface area (Å²) in [6.07, 6.45) is 4.20. The molecule has 6 heteroatoms. The van der Waals surface area contributed by atoms with Crippen molar-refractivity contribution in [2.24, 2.45) is 0 Å². The number of pyridine rings is 1. The van der Waals surface area contributed by atoms with Crippen LogP contribution >= 0.6 is 0 Å². The van der Waals surface area contributed by atoms with Crippen LogP contribution in [0.3, 0.4) is 0 Å². The summed E-state index contributed by atoms with van der Waals surface area (Å²) < 4.78 is 0. The van der Waals surface area contributed by atoms with Crippen LogP contribution in [0, 0.1) is 0 Å². The first-order valence-corrected chi connectivity index (χ1v) is 6.65. The number of hydrogen-bond acceptors (Lipinski definition) is 4. The SMILES string of the molecule is CN(C(=O)c1ccnc(C(=O)O)c1)C1CCCCC1O. The van der Waals surface area contributed by atoms with E-state index in [4.69, 9.17) is 5.11 Å². The summed E-state index contributed by atoms with van der Waals surface area (Å²) in [5, 5.41) is 18.9. The summed E-state index contributed by atoms with van der Waals surface area (Å²) in [5.41, 5.74) is 0.117.